The number of carbonyl (C=O) groups excluding carboxylic acids is 1. The Balaban J connectivity index is 2.30. The zero-order valence-electron chi connectivity index (χ0n) is 11.5. The van der Waals surface area contributed by atoms with Crippen molar-refractivity contribution >= 4 is 5.91 Å². The Hall–Kier alpha value is -0.570. The van der Waals surface area contributed by atoms with Gasteiger partial charge < -0.3 is 11.1 Å². The third kappa shape index (κ3) is 5.07. The summed E-state index contributed by atoms with van der Waals surface area (Å²) in [6.07, 6.45) is 6.56. The maximum absolute atomic E-state index is 11.8. The molecule has 0 spiro atoms. The van der Waals surface area contributed by atoms with Crippen molar-refractivity contribution in [1.29, 1.82) is 0 Å². The fourth-order valence-corrected chi connectivity index (χ4v) is 2.53. The third-order valence-electron chi connectivity index (χ3n) is 4.00. The number of hydrogen-bond donors (Lipinski definition) is 2. The minimum absolute atomic E-state index is 0.0134. The number of nitrogens with two attached hydrogens (primary N) is 1. The van der Waals surface area contributed by atoms with Gasteiger partial charge in [-0.2, -0.15) is 0 Å². The summed E-state index contributed by atoms with van der Waals surface area (Å²) >= 11 is 0. The summed E-state index contributed by atoms with van der Waals surface area (Å²) in [6, 6.07) is 0.376. The average molecular weight is 240 g/mol. The Morgan fingerprint density at radius 3 is 2.71 bits per heavy atom. The minimum atomic E-state index is -0.0134. The lowest BCUT2D eigenvalue weighted by Gasteiger charge is -2.29. The van der Waals surface area contributed by atoms with Crippen LogP contribution in [-0.4, -0.2) is 18.0 Å². The van der Waals surface area contributed by atoms with Crippen LogP contribution in [0.15, 0.2) is 0 Å². The van der Waals surface area contributed by atoms with Gasteiger partial charge in [0.1, 0.15) is 0 Å². The SMILES string of the molecule is CCC1CCCC(NC(=O)CC(N)C(C)C)C1. The van der Waals surface area contributed by atoms with E-state index in [4.69, 9.17) is 5.73 Å². The monoisotopic (exact) mass is 240 g/mol. The second-order valence-corrected chi connectivity index (χ2v) is 5.82. The lowest BCUT2D eigenvalue weighted by atomic mass is 9.84. The molecule has 0 saturated heterocycles. The molecule has 3 unspecified atom stereocenters. The van der Waals surface area contributed by atoms with Gasteiger partial charge in [0.15, 0.2) is 0 Å². The molecule has 1 aliphatic rings. The van der Waals surface area contributed by atoms with Crippen LogP contribution in [0.5, 0.6) is 0 Å². The topological polar surface area (TPSA) is 55.1 Å². The Morgan fingerprint density at radius 1 is 1.41 bits per heavy atom. The fourth-order valence-electron chi connectivity index (χ4n) is 2.53. The predicted octanol–water partition coefficient (Wildman–Crippen LogP) is 2.44. The number of carbonyl (C=O) groups is 1. The number of nitrogens with one attached hydrogen (secondary N) is 1. The molecule has 17 heavy (non-hydrogen) atoms. The van der Waals surface area contributed by atoms with Crippen molar-refractivity contribution in [2.75, 3.05) is 0 Å². The molecule has 1 rings (SSSR count). The number of amides is 1. The highest BCUT2D eigenvalue weighted by atomic mass is 16.1. The molecule has 1 fully saturated rings. The molecule has 0 heterocycles. The van der Waals surface area contributed by atoms with Crippen LogP contribution < -0.4 is 11.1 Å². The van der Waals surface area contributed by atoms with Gasteiger partial charge in [0.25, 0.3) is 0 Å². The molecule has 0 aromatic heterocycles. The molecular formula is C14H28N2O. The first-order chi connectivity index (χ1) is 8.02. The van der Waals surface area contributed by atoms with E-state index in [9.17, 15) is 4.79 Å². The van der Waals surface area contributed by atoms with Crippen LogP contribution in [0.4, 0.5) is 0 Å². The normalized spacial score (nSPS) is 26.9. The van der Waals surface area contributed by atoms with E-state index >= 15 is 0 Å². The van der Waals surface area contributed by atoms with Crippen molar-refractivity contribution in [2.45, 2.75) is 71.4 Å². The Morgan fingerprint density at radius 2 is 2.12 bits per heavy atom. The molecular weight excluding hydrogens is 212 g/mol. The van der Waals surface area contributed by atoms with Gasteiger partial charge >= 0.3 is 0 Å². The minimum Gasteiger partial charge on any atom is -0.353 e. The van der Waals surface area contributed by atoms with Crippen molar-refractivity contribution in [3.63, 3.8) is 0 Å². The molecule has 1 amide bonds. The average Bonchev–Trinajstić information content (AvgIpc) is 2.28. The van der Waals surface area contributed by atoms with Crippen molar-refractivity contribution < 1.29 is 4.79 Å². The first-order valence-electron chi connectivity index (χ1n) is 7.07. The molecule has 3 nitrogen and oxygen atoms in total. The van der Waals surface area contributed by atoms with Crippen LogP contribution in [0.3, 0.4) is 0 Å². The molecule has 3 atom stereocenters. The third-order valence-corrected chi connectivity index (χ3v) is 4.00. The molecule has 100 valence electrons. The molecule has 3 N–H and O–H groups in total. The van der Waals surface area contributed by atoms with Crippen LogP contribution in [0.2, 0.25) is 0 Å². The molecule has 1 saturated carbocycles. The highest BCUT2D eigenvalue weighted by Crippen LogP contribution is 2.26. The van der Waals surface area contributed by atoms with Gasteiger partial charge in [0.2, 0.25) is 5.91 Å². The molecule has 1 aliphatic carbocycles. The zero-order valence-corrected chi connectivity index (χ0v) is 11.5. The quantitative estimate of drug-likeness (QED) is 0.775. The van der Waals surface area contributed by atoms with E-state index < -0.39 is 0 Å². The second-order valence-electron chi connectivity index (χ2n) is 5.82. The van der Waals surface area contributed by atoms with E-state index in [2.05, 4.69) is 26.1 Å². The highest BCUT2D eigenvalue weighted by Gasteiger charge is 2.23. The van der Waals surface area contributed by atoms with E-state index in [1.807, 2.05) is 0 Å². The van der Waals surface area contributed by atoms with Gasteiger partial charge in [-0.3, -0.25) is 4.79 Å². The number of hydrogen-bond acceptors (Lipinski definition) is 2. The summed E-state index contributed by atoms with van der Waals surface area (Å²) in [5.41, 5.74) is 5.92. The Kier molecular flexibility index (Phi) is 5.96. The maximum Gasteiger partial charge on any atom is 0.221 e. The second kappa shape index (κ2) is 7.00. The zero-order chi connectivity index (χ0) is 12.8. The van der Waals surface area contributed by atoms with E-state index in [1.165, 1.54) is 19.3 Å². The highest BCUT2D eigenvalue weighted by molar-refractivity contribution is 5.76. The summed E-state index contributed by atoms with van der Waals surface area (Å²) in [5.74, 6) is 1.30. The lowest BCUT2D eigenvalue weighted by molar-refractivity contribution is -0.122. The van der Waals surface area contributed by atoms with Crippen LogP contribution in [0.1, 0.15) is 59.3 Å². The van der Waals surface area contributed by atoms with Crippen molar-refractivity contribution in [1.82, 2.24) is 5.32 Å². The van der Waals surface area contributed by atoms with Crippen LogP contribution in [-0.2, 0) is 4.79 Å². The van der Waals surface area contributed by atoms with Crippen LogP contribution in [0, 0.1) is 11.8 Å². The van der Waals surface area contributed by atoms with E-state index in [0.717, 1.165) is 18.8 Å². The van der Waals surface area contributed by atoms with Crippen LogP contribution >= 0.6 is 0 Å². The van der Waals surface area contributed by atoms with Gasteiger partial charge in [0, 0.05) is 18.5 Å². The largest absolute Gasteiger partial charge is 0.353 e. The first kappa shape index (κ1) is 14.5. The first-order valence-corrected chi connectivity index (χ1v) is 7.07. The predicted molar refractivity (Wildman–Crippen MR) is 71.6 cm³/mol. The van der Waals surface area contributed by atoms with Crippen molar-refractivity contribution in [3.8, 4) is 0 Å². The smallest absolute Gasteiger partial charge is 0.221 e. The maximum atomic E-state index is 11.8. The molecule has 0 bridgehead atoms. The standard InChI is InChI=1S/C14H28N2O/c1-4-11-6-5-7-12(8-11)16-14(17)9-13(15)10(2)3/h10-13H,4-9,15H2,1-3H3,(H,16,17). The summed E-state index contributed by atoms with van der Waals surface area (Å²) in [7, 11) is 0. The number of rotatable bonds is 5. The van der Waals surface area contributed by atoms with Gasteiger partial charge in [0.05, 0.1) is 0 Å². The summed E-state index contributed by atoms with van der Waals surface area (Å²) in [4.78, 5) is 11.8. The van der Waals surface area contributed by atoms with Crippen molar-refractivity contribution in [2.24, 2.45) is 17.6 Å². The van der Waals surface area contributed by atoms with Gasteiger partial charge in [-0.1, -0.05) is 40.0 Å². The van der Waals surface area contributed by atoms with Crippen molar-refractivity contribution in [3.05, 3.63) is 0 Å². The van der Waals surface area contributed by atoms with Crippen LogP contribution in [0.25, 0.3) is 0 Å². The van der Waals surface area contributed by atoms with E-state index in [-0.39, 0.29) is 11.9 Å². The fraction of sp³-hybridized carbons (Fsp3) is 0.929. The van der Waals surface area contributed by atoms with E-state index in [1.54, 1.807) is 0 Å². The van der Waals surface area contributed by atoms with Gasteiger partial charge in [-0.25, -0.2) is 0 Å². The molecule has 3 heteroatoms. The van der Waals surface area contributed by atoms with Gasteiger partial charge in [-0.15, -0.1) is 0 Å². The molecule has 0 aliphatic heterocycles. The summed E-state index contributed by atoms with van der Waals surface area (Å²) < 4.78 is 0. The summed E-state index contributed by atoms with van der Waals surface area (Å²) in [5, 5.41) is 3.15. The molecule has 0 radical (unpaired) electrons. The summed E-state index contributed by atoms with van der Waals surface area (Å²) in [6.45, 7) is 6.36. The lowest BCUT2D eigenvalue weighted by Crippen LogP contribution is -2.41. The Bertz CT molecular complexity index is 240. The molecule has 0 aromatic rings. The molecule has 0 aromatic carbocycles. The van der Waals surface area contributed by atoms with E-state index in [0.29, 0.717) is 18.4 Å². The Labute approximate surface area is 106 Å². The van der Waals surface area contributed by atoms with Gasteiger partial charge in [-0.05, 0) is 24.7 Å².